The van der Waals surface area contributed by atoms with Crippen molar-refractivity contribution >= 4 is 0 Å². The minimum absolute atomic E-state index is 0.130. The highest BCUT2D eigenvalue weighted by Crippen LogP contribution is 2.37. The molecule has 5 heteroatoms. The highest BCUT2D eigenvalue weighted by atomic mass is 16.6. The van der Waals surface area contributed by atoms with Gasteiger partial charge in [-0.05, 0) is 18.4 Å². The quantitative estimate of drug-likeness (QED) is 0.921. The molecule has 2 atom stereocenters. The van der Waals surface area contributed by atoms with Crippen LogP contribution in [0.1, 0.15) is 24.1 Å². The average Bonchev–Trinajstić information content (AvgIpc) is 3.31. The molecule has 122 valence electrons. The first-order valence-corrected chi connectivity index (χ1v) is 8.33. The van der Waals surface area contributed by atoms with Gasteiger partial charge in [0, 0.05) is 38.1 Å². The third kappa shape index (κ3) is 3.17. The van der Waals surface area contributed by atoms with E-state index in [1.165, 1.54) is 5.56 Å². The number of rotatable bonds is 5. The molecule has 2 aliphatic rings. The second-order valence-electron chi connectivity index (χ2n) is 6.55. The van der Waals surface area contributed by atoms with Crippen molar-refractivity contribution in [3.8, 4) is 0 Å². The number of hydrogen-bond acceptors (Lipinski definition) is 4. The first-order chi connectivity index (χ1) is 11.3. The Morgan fingerprint density at radius 3 is 3.00 bits per heavy atom. The minimum Gasteiger partial charge on any atom is -0.371 e. The number of aromatic amines is 1. The van der Waals surface area contributed by atoms with E-state index in [2.05, 4.69) is 39.1 Å². The Morgan fingerprint density at radius 2 is 2.26 bits per heavy atom. The van der Waals surface area contributed by atoms with Crippen LogP contribution in [-0.4, -0.2) is 46.3 Å². The second kappa shape index (κ2) is 6.43. The van der Waals surface area contributed by atoms with Crippen LogP contribution in [0.25, 0.3) is 0 Å². The van der Waals surface area contributed by atoms with Crippen LogP contribution in [-0.2, 0) is 22.6 Å². The first-order valence-electron chi connectivity index (χ1n) is 8.33. The molecule has 0 amide bonds. The first kappa shape index (κ1) is 14.9. The monoisotopic (exact) mass is 313 g/mol. The van der Waals surface area contributed by atoms with Gasteiger partial charge in [-0.15, -0.1) is 0 Å². The lowest BCUT2D eigenvalue weighted by Crippen LogP contribution is -2.42. The van der Waals surface area contributed by atoms with E-state index in [9.17, 15) is 0 Å². The van der Waals surface area contributed by atoms with Crippen molar-refractivity contribution < 1.29 is 9.47 Å². The summed E-state index contributed by atoms with van der Waals surface area (Å²) in [4.78, 5) is 9.70. The molecule has 1 spiro atoms. The van der Waals surface area contributed by atoms with Gasteiger partial charge in [-0.2, -0.15) is 0 Å². The fraction of sp³-hybridized carbons (Fsp3) is 0.500. The molecule has 5 nitrogen and oxygen atoms in total. The van der Waals surface area contributed by atoms with Gasteiger partial charge in [0.05, 0.1) is 12.9 Å². The van der Waals surface area contributed by atoms with Gasteiger partial charge in [-0.3, -0.25) is 4.90 Å². The van der Waals surface area contributed by atoms with E-state index in [1.807, 2.05) is 12.3 Å². The lowest BCUT2D eigenvalue weighted by Gasteiger charge is -2.29. The lowest BCUT2D eigenvalue weighted by atomic mass is 9.96. The van der Waals surface area contributed by atoms with Crippen molar-refractivity contribution in [3.63, 3.8) is 0 Å². The Labute approximate surface area is 136 Å². The van der Waals surface area contributed by atoms with Gasteiger partial charge < -0.3 is 14.5 Å². The molecule has 2 saturated heterocycles. The predicted molar refractivity (Wildman–Crippen MR) is 86.8 cm³/mol. The molecule has 0 aliphatic carbocycles. The Hall–Kier alpha value is -1.69. The Bertz CT molecular complexity index is 608. The minimum atomic E-state index is -0.130. The van der Waals surface area contributed by atoms with Gasteiger partial charge in [0.25, 0.3) is 0 Å². The number of nitrogens with one attached hydrogen (secondary N) is 1. The van der Waals surface area contributed by atoms with Crippen LogP contribution in [0.3, 0.4) is 0 Å². The number of nitrogens with zero attached hydrogens (tertiary/aromatic N) is 2. The number of hydrogen-bond donors (Lipinski definition) is 1. The molecule has 1 aromatic heterocycles. The molecular formula is C18H23N3O2. The molecule has 2 aliphatic heterocycles. The molecule has 0 unspecified atom stereocenters. The Balaban J connectivity index is 1.43. The molecule has 0 bridgehead atoms. The van der Waals surface area contributed by atoms with Crippen LogP contribution in [0.4, 0.5) is 0 Å². The van der Waals surface area contributed by atoms with Crippen molar-refractivity contribution in [1.82, 2.24) is 14.9 Å². The summed E-state index contributed by atoms with van der Waals surface area (Å²) in [5.74, 6) is 0. The van der Waals surface area contributed by atoms with Crippen LogP contribution >= 0.6 is 0 Å². The van der Waals surface area contributed by atoms with Gasteiger partial charge in [0.2, 0.25) is 0 Å². The third-order valence-corrected chi connectivity index (χ3v) is 4.88. The molecular weight excluding hydrogens is 290 g/mol. The van der Waals surface area contributed by atoms with E-state index in [-0.39, 0.29) is 11.7 Å². The smallest absolute Gasteiger partial charge is 0.108 e. The van der Waals surface area contributed by atoms with Crippen LogP contribution in [0, 0.1) is 0 Å². The Morgan fingerprint density at radius 1 is 1.35 bits per heavy atom. The van der Waals surface area contributed by atoms with Crippen molar-refractivity contribution in [2.75, 3.05) is 19.7 Å². The van der Waals surface area contributed by atoms with Gasteiger partial charge in [0.1, 0.15) is 11.7 Å². The van der Waals surface area contributed by atoms with Crippen molar-refractivity contribution in [3.05, 3.63) is 54.1 Å². The highest BCUT2D eigenvalue weighted by Gasteiger charge is 2.50. The van der Waals surface area contributed by atoms with E-state index >= 15 is 0 Å². The summed E-state index contributed by atoms with van der Waals surface area (Å²) in [5.41, 5.74) is 2.23. The second-order valence-corrected chi connectivity index (χ2v) is 6.55. The molecule has 2 aromatic rings. The number of benzene rings is 1. The molecule has 2 fully saturated rings. The lowest BCUT2D eigenvalue weighted by molar-refractivity contribution is -0.0959. The Kier molecular flexibility index (Phi) is 4.16. The molecule has 0 radical (unpaired) electrons. The van der Waals surface area contributed by atoms with Gasteiger partial charge in [-0.1, -0.05) is 30.3 Å². The maximum absolute atomic E-state index is 6.28. The fourth-order valence-electron chi connectivity index (χ4n) is 3.75. The number of aromatic nitrogens is 2. The highest BCUT2D eigenvalue weighted by molar-refractivity contribution is 5.14. The van der Waals surface area contributed by atoms with Crippen LogP contribution in [0.15, 0.2) is 42.9 Å². The average molecular weight is 313 g/mol. The van der Waals surface area contributed by atoms with Gasteiger partial charge in [0.15, 0.2) is 0 Å². The molecule has 3 heterocycles. The normalized spacial score (nSPS) is 27.9. The molecule has 1 aromatic carbocycles. The molecule has 0 saturated carbocycles. The van der Waals surface area contributed by atoms with E-state index in [4.69, 9.17) is 9.47 Å². The van der Waals surface area contributed by atoms with E-state index < -0.39 is 0 Å². The fourth-order valence-corrected chi connectivity index (χ4v) is 3.75. The summed E-state index contributed by atoms with van der Waals surface area (Å²) in [5, 5.41) is 0. The summed E-state index contributed by atoms with van der Waals surface area (Å²) in [6, 6.07) is 10.4. The van der Waals surface area contributed by atoms with Gasteiger partial charge in [-0.25, -0.2) is 4.98 Å². The molecule has 23 heavy (non-hydrogen) atoms. The van der Waals surface area contributed by atoms with E-state index in [1.54, 1.807) is 6.33 Å². The number of ether oxygens (including phenoxy) is 2. The zero-order valence-corrected chi connectivity index (χ0v) is 13.3. The van der Waals surface area contributed by atoms with Crippen molar-refractivity contribution in [1.29, 1.82) is 0 Å². The maximum Gasteiger partial charge on any atom is 0.108 e. The predicted octanol–water partition coefficient (Wildman–Crippen LogP) is 2.36. The summed E-state index contributed by atoms with van der Waals surface area (Å²) >= 11 is 0. The molecule has 1 N–H and O–H groups in total. The number of likely N-dealkylation sites (tertiary alicyclic amines) is 1. The topological polar surface area (TPSA) is 50.4 Å². The van der Waals surface area contributed by atoms with Crippen molar-refractivity contribution in [2.45, 2.75) is 37.7 Å². The summed E-state index contributed by atoms with van der Waals surface area (Å²) in [6.07, 6.45) is 5.97. The van der Waals surface area contributed by atoms with Gasteiger partial charge >= 0.3 is 0 Å². The molecule has 4 rings (SSSR count). The standard InChI is InChI=1S/C18H23N3O2/c1-2-5-15(6-3-1)12-22-17-11-21(10-16-9-19-14-20-16)13-18(17)7-4-8-23-18/h1-3,5-6,9,14,17H,4,7-8,10-13H2,(H,19,20)/t17-,18-/m0/s1. The largest absolute Gasteiger partial charge is 0.371 e. The zero-order chi connectivity index (χ0) is 15.5. The van der Waals surface area contributed by atoms with Crippen LogP contribution < -0.4 is 0 Å². The van der Waals surface area contributed by atoms with Crippen molar-refractivity contribution in [2.24, 2.45) is 0 Å². The number of imidazole rings is 1. The van der Waals surface area contributed by atoms with Crippen LogP contribution in [0.2, 0.25) is 0 Å². The summed E-state index contributed by atoms with van der Waals surface area (Å²) in [6.45, 7) is 4.21. The third-order valence-electron chi connectivity index (χ3n) is 4.88. The zero-order valence-electron chi connectivity index (χ0n) is 13.3. The summed E-state index contributed by atoms with van der Waals surface area (Å²) < 4.78 is 12.4. The maximum atomic E-state index is 6.28. The SMILES string of the molecule is c1ccc(CO[C@H]2CN(Cc3cnc[nH]3)C[C@@]23CCCO3)cc1. The van der Waals surface area contributed by atoms with E-state index in [0.29, 0.717) is 6.61 Å². The van der Waals surface area contributed by atoms with Crippen LogP contribution in [0.5, 0.6) is 0 Å². The summed E-state index contributed by atoms with van der Waals surface area (Å²) in [7, 11) is 0. The number of H-pyrrole nitrogens is 1. The van der Waals surface area contributed by atoms with E-state index in [0.717, 1.165) is 44.8 Å².